The quantitative estimate of drug-likeness (QED) is 0.853. The van der Waals surface area contributed by atoms with Crippen molar-refractivity contribution in [1.29, 1.82) is 0 Å². The van der Waals surface area contributed by atoms with Gasteiger partial charge in [0.05, 0.1) is 12.5 Å². The second-order valence-electron chi connectivity index (χ2n) is 4.61. The van der Waals surface area contributed by atoms with E-state index in [4.69, 9.17) is 14.6 Å². The van der Waals surface area contributed by atoms with Crippen LogP contribution in [-0.2, 0) is 14.3 Å². The number of rotatable bonds is 5. The summed E-state index contributed by atoms with van der Waals surface area (Å²) in [6.07, 6.45) is 1.71. The summed E-state index contributed by atoms with van der Waals surface area (Å²) in [6.45, 7) is 0.747. The second-order valence-corrected chi connectivity index (χ2v) is 4.61. The van der Waals surface area contributed by atoms with Gasteiger partial charge in [0.15, 0.2) is 6.61 Å². The molecule has 20 heavy (non-hydrogen) atoms. The number of carboxylic acid groups (broad SMARTS) is 1. The topological polar surface area (TPSA) is 84.9 Å². The highest BCUT2D eigenvalue weighted by Gasteiger charge is 2.21. The Morgan fingerprint density at radius 3 is 3.00 bits per heavy atom. The summed E-state index contributed by atoms with van der Waals surface area (Å²) in [4.78, 5) is 22.5. The molecular formula is C14H17NO5. The summed E-state index contributed by atoms with van der Waals surface area (Å²) in [5, 5.41) is 11.3. The SMILES string of the molecule is O=C(O)COc1cccc(NC(=O)C2CCCOC2)c1. The molecule has 1 atom stereocenters. The number of hydrogen-bond acceptors (Lipinski definition) is 4. The maximum atomic E-state index is 12.0. The molecule has 6 nitrogen and oxygen atoms in total. The van der Waals surface area contributed by atoms with Crippen LogP contribution >= 0.6 is 0 Å². The van der Waals surface area contributed by atoms with Crippen LogP contribution < -0.4 is 10.1 Å². The number of carbonyl (C=O) groups excluding carboxylic acids is 1. The highest BCUT2D eigenvalue weighted by atomic mass is 16.5. The lowest BCUT2D eigenvalue weighted by atomic mass is 10.0. The molecule has 108 valence electrons. The maximum Gasteiger partial charge on any atom is 0.341 e. The molecule has 1 aromatic carbocycles. The lowest BCUT2D eigenvalue weighted by Crippen LogP contribution is -2.30. The molecule has 6 heteroatoms. The third-order valence-corrected chi connectivity index (χ3v) is 2.99. The van der Waals surface area contributed by atoms with E-state index in [1.807, 2.05) is 0 Å². The molecule has 0 bridgehead atoms. The number of hydrogen-bond donors (Lipinski definition) is 2. The first kappa shape index (κ1) is 14.3. The van der Waals surface area contributed by atoms with Crippen molar-refractivity contribution >= 4 is 17.6 Å². The third-order valence-electron chi connectivity index (χ3n) is 2.99. The fourth-order valence-corrected chi connectivity index (χ4v) is 2.00. The van der Waals surface area contributed by atoms with Gasteiger partial charge in [0.1, 0.15) is 5.75 Å². The molecule has 2 N–H and O–H groups in total. The summed E-state index contributed by atoms with van der Waals surface area (Å²) >= 11 is 0. The molecule has 1 saturated heterocycles. The number of ether oxygens (including phenoxy) is 2. The minimum absolute atomic E-state index is 0.0833. The highest BCUT2D eigenvalue weighted by Crippen LogP contribution is 2.20. The van der Waals surface area contributed by atoms with E-state index in [9.17, 15) is 9.59 Å². The molecule has 0 aromatic heterocycles. The number of anilines is 1. The smallest absolute Gasteiger partial charge is 0.341 e. The number of aliphatic carboxylic acids is 1. The molecule has 0 spiro atoms. The molecule has 0 aliphatic carbocycles. The van der Waals surface area contributed by atoms with Crippen LogP contribution in [0.4, 0.5) is 5.69 Å². The van der Waals surface area contributed by atoms with Crippen LogP contribution in [0.3, 0.4) is 0 Å². The first-order valence-corrected chi connectivity index (χ1v) is 6.48. The van der Waals surface area contributed by atoms with Gasteiger partial charge in [0, 0.05) is 18.4 Å². The van der Waals surface area contributed by atoms with Gasteiger partial charge < -0.3 is 19.9 Å². The fraction of sp³-hybridized carbons (Fsp3) is 0.429. The van der Waals surface area contributed by atoms with Crippen LogP contribution in [0.5, 0.6) is 5.75 Å². The number of amides is 1. The molecular weight excluding hydrogens is 262 g/mol. The lowest BCUT2D eigenvalue weighted by molar-refractivity contribution is -0.139. The first-order chi connectivity index (χ1) is 9.65. The monoisotopic (exact) mass is 279 g/mol. The highest BCUT2D eigenvalue weighted by molar-refractivity contribution is 5.92. The summed E-state index contributed by atoms with van der Waals surface area (Å²) in [5.41, 5.74) is 0.587. The zero-order chi connectivity index (χ0) is 14.4. The van der Waals surface area contributed by atoms with Gasteiger partial charge >= 0.3 is 5.97 Å². The van der Waals surface area contributed by atoms with Gasteiger partial charge in [-0.25, -0.2) is 4.79 Å². The summed E-state index contributed by atoms with van der Waals surface area (Å²) in [6, 6.07) is 6.67. The Hall–Kier alpha value is -2.08. The molecule has 1 aliphatic rings. The molecule has 1 fully saturated rings. The predicted molar refractivity (Wildman–Crippen MR) is 71.7 cm³/mol. The van der Waals surface area contributed by atoms with Crippen molar-refractivity contribution in [3.63, 3.8) is 0 Å². The van der Waals surface area contributed by atoms with Crippen molar-refractivity contribution in [2.75, 3.05) is 25.1 Å². The van der Waals surface area contributed by atoms with Crippen LogP contribution in [0.25, 0.3) is 0 Å². The second kappa shape index (κ2) is 6.91. The summed E-state index contributed by atoms with van der Waals surface area (Å²) in [5.74, 6) is -0.851. The molecule has 0 saturated carbocycles. The predicted octanol–water partition coefficient (Wildman–Crippen LogP) is 1.52. The van der Waals surface area contributed by atoms with Gasteiger partial charge in [-0.15, -0.1) is 0 Å². The van der Waals surface area contributed by atoms with Crippen LogP contribution in [0.2, 0.25) is 0 Å². The molecule has 1 aliphatic heterocycles. The number of nitrogens with one attached hydrogen (secondary N) is 1. The van der Waals surface area contributed by atoms with Gasteiger partial charge in [-0.1, -0.05) is 6.07 Å². The third kappa shape index (κ3) is 4.24. The van der Waals surface area contributed by atoms with Crippen molar-refractivity contribution < 1.29 is 24.2 Å². The zero-order valence-electron chi connectivity index (χ0n) is 11.0. The van der Waals surface area contributed by atoms with Crippen molar-refractivity contribution in [3.05, 3.63) is 24.3 Å². The van der Waals surface area contributed by atoms with Crippen molar-refractivity contribution in [3.8, 4) is 5.75 Å². The fourth-order valence-electron chi connectivity index (χ4n) is 2.00. The van der Waals surface area contributed by atoms with Gasteiger partial charge in [-0.05, 0) is 25.0 Å². The Morgan fingerprint density at radius 2 is 2.30 bits per heavy atom. The zero-order valence-corrected chi connectivity index (χ0v) is 11.0. The largest absolute Gasteiger partial charge is 0.482 e. The van der Waals surface area contributed by atoms with Gasteiger partial charge in [-0.2, -0.15) is 0 Å². The lowest BCUT2D eigenvalue weighted by Gasteiger charge is -2.21. The first-order valence-electron chi connectivity index (χ1n) is 6.48. The molecule has 0 radical (unpaired) electrons. The van der Waals surface area contributed by atoms with E-state index >= 15 is 0 Å². The van der Waals surface area contributed by atoms with E-state index in [0.717, 1.165) is 12.8 Å². The van der Waals surface area contributed by atoms with E-state index in [1.54, 1.807) is 24.3 Å². The average Bonchev–Trinajstić information content (AvgIpc) is 2.46. The minimum Gasteiger partial charge on any atom is -0.482 e. The van der Waals surface area contributed by atoms with Crippen LogP contribution in [0.15, 0.2) is 24.3 Å². The Bertz CT molecular complexity index is 482. The Labute approximate surface area is 116 Å². The van der Waals surface area contributed by atoms with E-state index in [2.05, 4.69) is 5.32 Å². The Morgan fingerprint density at radius 1 is 1.45 bits per heavy atom. The number of carbonyl (C=O) groups is 2. The molecule has 1 amide bonds. The average molecular weight is 279 g/mol. The van der Waals surface area contributed by atoms with E-state index < -0.39 is 12.6 Å². The van der Waals surface area contributed by atoms with Gasteiger partial charge in [-0.3, -0.25) is 4.79 Å². The molecule has 1 unspecified atom stereocenters. The number of carboxylic acids is 1. The van der Waals surface area contributed by atoms with Crippen LogP contribution in [0, 0.1) is 5.92 Å². The molecule has 1 heterocycles. The van der Waals surface area contributed by atoms with Gasteiger partial charge in [0.25, 0.3) is 0 Å². The summed E-state index contributed by atoms with van der Waals surface area (Å²) < 4.78 is 10.3. The van der Waals surface area contributed by atoms with Crippen LogP contribution in [-0.4, -0.2) is 36.8 Å². The Balaban J connectivity index is 1.93. The maximum absolute atomic E-state index is 12.0. The number of benzene rings is 1. The van der Waals surface area contributed by atoms with Crippen molar-refractivity contribution in [1.82, 2.24) is 0 Å². The normalized spacial score (nSPS) is 18.3. The van der Waals surface area contributed by atoms with E-state index in [1.165, 1.54) is 0 Å². The Kier molecular flexibility index (Phi) is 4.95. The minimum atomic E-state index is -1.04. The van der Waals surface area contributed by atoms with Crippen molar-refractivity contribution in [2.24, 2.45) is 5.92 Å². The van der Waals surface area contributed by atoms with Crippen molar-refractivity contribution in [2.45, 2.75) is 12.8 Å². The van der Waals surface area contributed by atoms with Gasteiger partial charge in [0.2, 0.25) is 5.91 Å². The molecule has 1 aromatic rings. The van der Waals surface area contributed by atoms with E-state index in [-0.39, 0.29) is 11.8 Å². The molecule has 2 rings (SSSR count). The standard InChI is InChI=1S/C14H17NO5/c16-13(17)9-20-12-5-1-4-11(7-12)15-14(18)10-3-2-6-19-8-10/h1,4-5,7,10H,2-3,6,8-9H2,(H,15,18)(H,16,17). The summed E-state index contributed by atoms with van der Waals surface area (Å²) in [7, 11) is 0. The van der Waals surface area contributed by atoms with Crippen LogP contribution in [0.1, 0.15) is 12.8 Å². The van der Waals surface area contributed by atoms with E-state index in [0.29, 0.717) is 24.7 Å².